The van der Waals surface area contributed by atoms with Gasteiger partial charge in [-0.25, -0.2) is 9.97 Å². The van der Waals surface area contributed by atoms with E-state index in [9.17, 15) is 0 Å². The van der Waals surface area contributed by atoms with Crippen molar-refractivity contribution in [3.63, 3.8) is 0 Å². The number of furan rings is 1. The third-order valence-electron chi connectivity index (χ3n) is 6.08. The lowest BCUT2D eigenvalue weighted by Gasteiger charge is -2.11. The first-order valence-corrected chi connectivity index (χ1v) is 12.3. The highest BCUT2D eigenvalue weighted by Gasteiger charge is 2.10. The van der Waals surface area contributed by atoms with Gasteiger partial charge in [0.05, 0.1) is 17.7 Å². The number of benzene rings is 3. The fourth-order valence-electron chi connectivity index (χ4n) is 4.11. The van der Waals surface area contributed by atoms with Crippen molar-refractivity contribution in [1.82, 2.24) is 15.0 Å². The summed E-state index contributed by atoms with van der Waals surface area (Å²) in [5.41, 5.74) is 4.78. The Morgan fingerprint density at radius 3 is 2.53 bits per heavy atom. The molecule has 0 saturated carbocycles. The molecule has 0 unspecified atom stereocenters. The first kappa shape index (κ1) is 23.2. The lowest BCUT2D eigenvalue weighted by Crippen LogP contribution is -1.98. The summed E-state index contributed by atoms with van der Waals surface area (Å²) in [6.07, 6.45) is 5.10. The fraction of sp³-hybridized carbons (Fsp3) is 0.0645. The van der Waals surface area contributed by atoms with E-state index in [2.05, 4.69) is 25.6 Å². The van der Waals surface area contributed by atoms with E-state index in [-0.39, 0.29) is 0 Å². The average Bonchev–Trinajstić information content (AvgIpc) is 3.46. The Morgan fingerprint density at radius 2 is 1.68 bits per heavy atom. The van der Waals surface area contributed by atoms with E-state index in [0.29, 0.717) is 13.2 Å². The van der Waals surface area contributed by atoms with Crippen molar-refractivity contribution in [3.05, 3.63) is 127 Å². The molecule has 0 aliphatic carbocycles. The Hall–Kier alpha value is -5.17. The van der Waals surface area contributed by atoms with E-state index in [1.807, 2.05) is 97.1 Å². The van der Waals surface area contributed by atoms with Crippen LogP contribution in [0.1, 0.15) is 11.3 Å². The standard InChI is InChI=1S/C31H25N5O2/c1-2-5-22(6-3-1)20-37-26-11-9-24(10-12-26)36-31-28-17-23(8-14-29(28)34-21-35-31)30-15-13-27(38-30)19-33-25-7-4-16-32-18-25/h1-18,21,33H,19-20H2,(H,34,35,36). The zero-order valence-corrected chi connectivity index (χ0v) is 20.5. The molecule has 0 atom stereocenters. The summed E-state index contributed by atoms with van der Waals surface area (Å²) >= 11 is 0. The van der Waals surface area contributed by atoms with Gasteiger partial charge in [0.15, 0.2) is 0 Å². The van der Waals surface area contributed by atoms with Gasteiger partial charge in [-0.3, -0.25) is 4.98 Å². The Labute approximate surface area is 220 Å². The molecule has 2 N–H and O–H groups in total. The number of nitrogens with zero attached hydrogens (tertiary/aromatic N) is 3. The number of rotatable bonds is 9. The first-order chi connectivity index (χ1) is 18.8. The van der Waals surface area contributed by atoms with Crippen LogP contribution in [-0.2, 0) is 13.2 Å². The van der Waals surface area contributed by atoms with Crippen LogP contribution in [0.2, 0.25) is 0 Å². The molecule has 6 rings (SSSR count). The molecule has 7 nitrogen and oxygen atoms in total. The van der Waals surface area contributed by atoms with Crippen LogP contribution in [0.4, 0.5) is 17.2 Å². The quantitative estimate of drug-likeness (QED) is 0.217. The van der Waals surface area contributed by atoms with Crippen LogP contribution in [0.25, 0.3) is 22.2 Å². The number of ether oxygens (including phenoxy) is 1. The molecule has 0 saturated heterocycles. The Bertz CT molecular complexity index is 1630. The predicted octanol–water partition coefficient (Wildman–Crippen LogP) is 7.22. The highest BCUT2D eigenvalue weighted by molar-refractivity contribution is 5.93. The number of hydrogen-bond donors (Lipinski definition) is 2. The second-order valence-corrected chi connectivity index (χ2v) is 8.74. The van der Waals surface area contributed by atoms with E-state index in [0.717, 1.165) is 56.5 Å². The highest BCUT2D eigenvalue weighted by Crippen LogP contribution is 2.30. The monoisotopic (exact) mass is 499 g/mol. The van der Waals surface area contributed by atoms with Gasteiger partial charge in [-0.15, -0.1) is 0 Å². The van der Waals surface area contributed by atoms with E-state index in [1.54, 1.807) is 18.7 Å². The van der Waals surface area contributed by atoms with Crippen molar-refractivity contribution in [2.75, 3.05) is 10.6 Å². The minimum Gasteiger partial charge on any atom is -0.489 e. The normalized spacial score (nSPS) is 10.8. The van der Waals surface area contributed by atoms with Crippen LogP contribution in [0.5, 0.6) is 5.75 Å². The summed E-state index contributed by atoms with van der Waals surface area (Å²) in [6, 6.07) is 31.8. The molecule has 0 fully saturated rings. The SMILES string of the molecule is c1ccc(COc2ccc(Nc3ncnc4ccc(-c5ccc(CNc6cccnc6)o5)cc34)cc2)cc1. The smallest absolute Gasteiger partial charge is 0.141 e. The van der Waals surface area contributed by atoms with Crippen LogP contribution >= 0.6 is 0 Å². The van der Waals surface area contributed by atoms with Gasteiger partial charge in [0, 0.05) is 29.0 Å². The van der Waals surface area contributed by atoms with Crippen LogP contribution in [0, 0.1) is 0 Å². The molecule has 0 spiro atoms. The van der Waals surface area contributed by atoms with E-state index in [4.69, 9.17) is 9.15 Å². The Balaban J connectivity index is 1.16. The van der Waals surface area contributed by atoms with Gasteiger partial charge in [-0.2, -0.15) is 0 Å². The predicted molar refractivity (Wildman–Crippen MR) is 149 cm³/mol. The van der Waals surface area contributed by atoms with Crippen LogP contribution < -0.4 is 15.4 Å². The van der Waals surface area contributed by atoms with Crippen LogP contribution in [-0.4, -0.2) is 15.0 Å². The third kappa shape index (κ3) is 5.47. The molecule has 0 aliphatic rings. The molecular formula is C31H25N5O2. The molecule has 0 radical (unpaired) electrons. The molecular weight excluding hydrogens is 474 g/mol. The van der Waals surface area contributed by atoms with Crippen LogP contribution in [0.3, 0.4) is 0 Å². The van der Waals surface area contributed by atoms with E-state index >= 15 is 0 Å². The maximum absolute atomic E-state index is 6.11. The van der Waals surface area contributed by atoms with Crippen molar-refractivity contribution < 1.29 is 9.15 Å². The van der Waals surface area contributed by atoms with Gasteiger partial charge in [-0.1, -0.05) is 30.3 Å². The van der Waals surface area contributed by atoms with Gasteiger partial charge >= 0.3 is 0 Å². The minimum atomic E-state index is 0.529. The maximum atomic E-state index is 6.11. The zero-order chi connectivity index (χ0) is 25.6. The molecule has 3 aromatic heterocycles. The van der Waals surface area contributed by atoms with Gasteiger partial charge in [0.2, 0.25) is 0 Å². The van der Waals surface area contributed by atoms with Crippen molar-refractivity contribution in [3.8, 4) is 17.1 Å². The number of pyridine rings is 1. The molecule has 7 heteroatoms. The third-order valence-corrected chi connectivity index (χ3v) is 6.08. The molecule has 6 aromatic rings. The van der Waals surface area contributed by atoms with Gasteiger partial charge in [0.1, 0.15) is 36.0 Å². The number of fused-ring (bicyclic) bond motifs is 1. The molecule has 3 heterocycles. The largest absolute Gasteiger partial charge is 0.489 e. The Morgan fingerprint density at radius 1 is 0.789 bits per heavy atom. The molecule has 186 valence electrons. The van der Waals surface area contributed by atoms with Crippen LogP contribution in [0.15, 0.2) is 120 Å². The van der Waals surface area contributed by atoms with Gasteiger partial charge in [0.25, 0.3) is 0 Å². The minimum absolute atomic E-state index is 0.529. The summed E-state index contributed by atoms with van der Waals surface area (Å²) in [5, 5.41) is 7.64. The summed E-state index contributed by atoms with van der Waals surface area (Å²) in [6.45, 7) is 1.10. The molecule has 38 heavy (non-hydrogen) atoms. The van der Waals surface area contributed by atoms with Crippen molar-refractivity contribution in [2.45, 2.75) is 13.2 Å². The number of anilines is 3. The van der Waals surface area contributed by atoms with Crippen molar-refractivity contribution >= 4 is 28.1 Å². The molecule has 0 aliphatic heterocycles. The fourth-order valence-corrected chi connectivity index (χ4v) is 4.11. The maximum Gasteiger partial charge on any atom is 0.141 e. The number of hydrogen-bond acceptors (Lipinski definition) is 7. The van der Waals surface area contributed by atoms with E-state index in [1.165, 1.54) is 0 Å². The summed E-state index contributed by atoms with van der Waals surface area (Å²) in [5.74, 6) is 3.14. The summed E-state index contributed by atoms with van der Waals surface area (Å²) in [7, 11) is 0. The molecule has 0 amide bonds. The molecule has 3 aromatic carbocycles. The first-order valence-electron chi connectivity index (χ1n) is 12.3. The van der Waals surface area contributed by atoms with Crippen molar-refractivity contribution in [2.24, 2.45) is 0 Å². The average molecular weight is 500 g/mol. The lowest BCUT2D eigenvalue weighted by atomic mass is 10.1. The second kappa shape index (κ2) is 10.8. The van der Waals surface area contributed by atoms with Crippen molar-refractivity contribution in [1.29, 1.82) is 0 Å². The second-order valence-electron chi connectivity index (χ2n) is 8.74. The molecule has 0 bridgehead atoms. The summed E-state index contributed by atoms with van der Waals surface area (Å²) in [4.78, 5) is 13.1. The summed E-state index contributed by atoms with van der Waals surface area (Å²) < 4.78 is 12.0. The number of nitrogens with one attached hydrogen (secondary N) is 2. The van der Waals surface area contributed by atoms with Gasteiger partial charge < -0.3 is 19.8 Å². The topological polar surface area (TPSA) is 85.1 Å². The Kier molecular flexibility index (Phi) is 6.63. The lowest BCUT2D eigenvalue weighted by molar-refractivity contribution is 0.306. The zero-order valence-electron chi connectivity index (χ0n) is 20.5. The highest BCUT2D eigenvalue weighted by atomic mass is 16.5. The van der Waals surface area contributed by atoms with Gasteiger partial charge in [-0.05, 0) is 72.3 Å². The number of aromatic nitrogens is 3. The van der Waals surface area contributed by atoms with E-state index < -0.39 is 0 Å².